The molecular weight excluding hydrogens is 583 g/mol. The number of sulfonamides is 1. The molecule has 0 aliphatic carbocycles. The van der Waals surface area contributed by atoms with E-state index in [2.05, 4.69) is 10.5 Å². The van der Waals surface area contributed by atoms with Crippen molar-refractivity contribution in [1.82, 2.24) is 9.99 Å². The fraction of sp³-hybridized carbons (Fsp3) is 0.200. The third-order valence-electron chi connectivity index (χ3n) is 6.36. The number of hydrogen-bond acceptors (Lipinski definition) is 5. The van der Waals surface area contributed by atoms with E-state index in [1.165, 1.54) is 18.3 Å². The quantitative estimate of drug-likeness (QED) is 0.164. The molecule has 3 aromatic carbocycles. The predicted octanol–water partition coefficient (Wildman–Crippen LogP) is 6.45. The number of ether oxygens (including phenoxy) is 1. The minimum Gasteiger partial charge on any atom is -0.494 e. The number of carbonyl (C=O) groups is 1. The molecule has 1 aromatic heterocycles. The molecule has 1 N–H and O–H groups in total. The number of hydrazone groups is 1. The number of benzene rings is 3. The maximum absolute atomic E-state index is 13.6. The molecule has 0 saturated heterocycles. The van der Waals surface area contributed by atoms with Crippen LogP contribution in [0.25, 0.3) is 5.69 Å². The zero-order valence-corrected chi connectivity index (χ0v) is 25.4. The maximum atomic E-state index is 13.6. The number of amides is 1. The number of hydrogen-bond donors (Lipinski definition) is 1. The Labute approximate surface area is 250 Å². The number of nitrogens with one attached hydrogen (secondary N) is 1. The van der Waals surface area contributed by atoms with Crippen molar-refractivity contribution in [3.63, 3.8) is 0 Å². The second-order valence-electron chi connectivity index (χ2n) is 9.31. The van der Waals surface area contributed by atoms with Crippen LogP contribution in [-0.4, -0.2) is 38.3 Å². The van der Waals surface area contributed by atoms with Crippen LogP contribution < -0.4 is 14.5 Å². The molecule has 4 aromatic rings. The Kier molecular flexibility index (Phi) is 9.42. The Hall–Kier alpha value is -3.79. The van der Waals surface area contributed by atoms with Crippen LogP contribution in [0.3, 0.4) is 0 Å². The average molecular weight is 614 g/mol. The smallest absolute Gasteiger partial charge is 0.264 e. The molecule has 0 aliphatic heterocycles. The monoisotopic (exact) mass is 612 g/mol. The summed E-state index contributed by atoms with van der Waals surface area (Å²) in [7, 11) is -4.06. The van der Waals surface area contributed by atoms with E-state index in [0.29, 0.717) is 28.1 Å². The van der Waals surface area contributed by atoms with Crippen LogP contribution in [0.2, 0.25) is 10.0 Å². The van der Waals surface area contributed by atoms with Gasteiger partial charge >= 0.3 is 0 Å². The number of anilines is 1. The van der Waals surface area contributed by atoms with Crippen molar-refractivity contribution < 1.29 is 17.9 Å². The first-order chi connectivity index (χ1) is 19.5. The summed E-state index contributed by atoms with van der Waals surface area (Å²) in [5.41, 5.74) is 7.11. The minimum atomic E-state index is -4.06. The first kappa shape index (κ1) is 30.2. The van der Waals surface area contributed by atoms with Gasteiger partial charge in [-0.15, -0.1) is 0 Å². The molecule has 0 aliphatic rings. The Morgan fingerprint density at radius 2 is 1.66 bits per heavy atom. The summed E-state index contributed by atoms with van der Waals surface area (Å²) >= 11 is 12.3. The summed E-state index contributed by atoms with van der Waals surface area (Å²) in [5.74, 6) is -0.0134. The van der Waals surface area contributed by atoms with Gasteiger partial charge in [-0.2, -0.15) is 5.10 Å². The van der Waals surface area contributed by atoms with Gasteiger partial charge in [0.05, 0.1) is 33.4 Å². The van der Waals surface area contributed by atoms with E-state index < -0.39 is 22.5 Å². The zero-order chi connectivity index (χ0) is 29.7. The van der Waals surface area contributed by atoms with Gasteiger partial charge in [0, 0.05) is 22.6 Å². The Bertz CT molecular complexity index is 1680. The SMILES string of the molecule is CCOc1ccc(N(CC(=O)N/N=C/c2cc(C)n(-c3ccc(Cl)c(Cl)c3)c2C)S(=O)(=O)c2ccc(C)cc2)cc1. The highest BCUT2D eigenvalue weighted by atomic mass is 35.5. The summed E-state index contributed by atoms with van der Waals surface area (Å²) in [6, 6.07) is 20.3. The molecule has 4 rings (SSSR count). The third kappa shape index (κ3) is 6.93. The van der Waals surface area contributed by atoms with Gasteiger partial charge in [0.15, 0.2) is 0 Å². The topological polar surface area (TPSA) is 93.0 Å². The fourth-order valence-corrected chi connectivity index (χ4v) is 6.02. The maximum Gasteiger partial charge on any atom is 0.264 e. The summed E-state index contributed by atoms with van der Waals surface area (Å²) in [5, 5.41) is 5.01. The summed E-state index contributed by atoms with van der Waals surface area (Å²) in [6.45, 7) is 7.58. The largest absolute Gasteiger partial charge is 0.494 e. The van der Waals surface area contributed by atoms with Crippen molar-refractivity contribution in [3.8, 4) is 11.4 Å². The number of nitrogens with zero attached hydrogens (tertiary/aromatic N) is 3. The lowest BCUT2D eigenvalue weighted by atomic mass is 10.2. The fourth-order valence-electron chi connectivity index (χ4n) is 4.31. The van der Waals surface area contributed by atoms with E-state index >= 15 is 0 Å². The minimum absolute atomic E-state index is 0.0722. The van der Waals surface area contributed by atoms with Gasteiger partial charge in [0.1, 0.15) is 12.3 Å². The summed E-state index contributed by atoms with van der Waals surface area (Å²) in [4.78, 5) is 13.1. The zero-order valence-electron chi connectivity index (χ0n) is 23.1. The van der Waals surface area contributed by atoms with Crippen molar-refractivity contribution in [2.24, 2.45) is 5.10 Å². The number of aryl methyl sites for hydroxylation is 2. The highest BCUT2D eigenvalue weighted by molar-refractivity contribution is 7.92. The van der Waals surface area contributed by atoms with Gasteiger partial charge in [0.2, 0.25) is 0 Å². The molecular formula is C30H30Cl2N4O4S. The van der Waals surface area contributed by atoms with Crippen LogP contribution >= 0.6 is 23.2 Å². The molecule has 0 fully saturated rings. The van der Waals surface area contributed by atoms with Crippen molar-refractivity contribution >= 4 is 51.0 Å². The molecule has 0 radical (unpaired) electrons. The van der Waals surface area contributed by atoms with Gasteiger partial charge in [-0.25, -0.2) is 13.8 Å². The molecule has 214 valence electrons. The van der Waals surface area contributed by atoms with E-state index in [0.717, 1.165) is 32.5 Å². The molecule has 0 atom stereocenters. The van der Waals surface area contributed by atoms with Crippen LogP contribution in [0.15, 0.2) is 82.8 Å². The van der Waals surface area contributed by atoms with E-state index in [4.69, 9.17) is 27.9 Å². The highest BCUT2D eigenvalue weighted by Crippen LogP contribution is 2.28. The first-order valence-electron chi connectivity index (χ1n) is 12.8. The molecule has 0 spiro atoms. The van der Waals surface area contributed by atoms with E-state index in [9.17, 15) is 13.2 Å². The predicted molar refractivity (Wildman–Crippen MR) is 164 cm³/mol. The average Bonchev–Trinajstić information content (AvgIpc) is 3.22. The molecule has 41 heavy (non-hydrogen) atoms. The standard InChI is InChI=1S/C30H30Cl2N4O4S/c1-5-40-26-11-8-24(9-12-26)35(41(38,39)27-13-6-20(2)7-14-27)19-30(37)34-33-18-23-16-21(3)36(22(23)4)25-10-15-28(31)29(32)17-25/h6-18H,5,19H2,1-4H3,(H,34,37)/b33-18+. The summed E-state index contributed by atoms with van der Waals surface area (Å²) in [6.07, 6.45) is 1.52. The second-order valence-corrected chi connectivity index (χ2v) is 12.0. The van der Waals surface area contributed by atoms with E-state index in [1.54, 1.807) is 48.5 Å². The van der Waals surface area contributed by atoms with Crippen LogP contribution in [0, 0.1) is 20.8 Å². The first-order valence-corrected chi connectivity index (χ1v) is 15.0. The van der Waals surface area contributed by atoms with Gasteiger partial charge in [-0.05, 0) is 88.4 Å². The normalized spacial score (nSPS) is 11.6. The molecule has 11 heteroatoms. The van der Waals surface area contributed by atoms with Gasteiger partial charge in [-0.3, -0.25) is 9.10 Å². The lowest BCUT2D eigenvalue weighted by Crippen LogP contribution is -2.39. The highest BCUT2D eigenvalue weighted by Gasteiger charge is 2.27. The van der Waals surface area contributed by atoms with E-state index in [1.807, 2.05) is 44.4 Å². The van der Waals surface area contributed by atoms with Crippen molar-refractivity contribution in [2.75, 3.05) is 17.5 Å². The van der Waals surface area contributed by atoms with E-state index in [-0.39, 0.29) is 4.90 Å². The van der Waals surface area contributed by atoms with Crippen molar-refractivity contribution in [3.05, 3.63) is 105 Å². The molecule has 0 saturated carbocycles. The van der Waals surface area contributed by atoms with Crippen molar-refractivity contribution in [1.29, 1.82) is 0 Å². The van der Waals surface area contributed by atoms with Crippen molar-refractivity contribution in [2.45, 2.75) is 32.6 Å². The van der Waals surface area contributed by atoms with Gasteiger partial charge in [-0.1, -0.05) is 40.9 Å². The number of carbonyl (C=O) groups excluding carboxylic acids is 1. The lowest BCUT2D eigenvalue weighted by Gasteiger charge is -2.24. The molecule has 8 nitrogen and oxygen atoms in total. The third-order valence-corrected chi connectivity index (χ3v) is 8.88. The molecule has 0 bridgehead atoms. The Balaban J connectivity index is 1.56. The summed E-state index contributed by atoms with van der Waals surface area (Å²) < 4.78 is 35.7. The van der Waals surface area contributed by atoms with Gasteiger partial charge < -0.3 is 9.30 Å². The van der Waals surface area contributed by atoms with Crippen LogP contribution in [-0.2, 0) is 14.8 Å². The van der Waals surface area contributed by atoms with Gasteiger partial charge in [0.25, 0.3) is 15.9 Å². The second kappa shape index (κ2) is 12.8. The molecule has 1 heterocycles. The number of aromatic nitrogens is 1. The van der Waals surface area contributed by atoms with Crippen LogP contribution in [0.4, 0.5) is 5.69 Å². The Morgan fingerprint density at radius 3 is 2.29 bits per heavy atom. The number of halogens is 2. The van der Waals surface area contributed by atoms with Crippen LogP contribution in [0.5, 0.6) is 5.75 Å². The molecule has 1 amide bonds. The molecule has 0 unspecified atom stereocenters. The van der Waals surface area contributed by atoms with Crippen LogP contribution in [0.1, 0.15) is 29.4 Å². The lowest BCUT2D eigenvalue weighted by molar-refractivity contribution is -0.119. The Morgan fingerprint density at radius 1 is 0.976 bits per heavy atom. The number of rotatable bonds is 10.